The molecule has 1 aromatic heterocycles. The molecule has 0 aromatic carbocycles. The van der Waals surface area contributed by atoms with Crippen LogP contribution in [0.3, 0.4) is 0 Å². The van der Waals surface area contributed by atoms with Crippen LogP contribution >= 0.6 is 0 Å². The van der Waals surface area contributed by atoms with E-state index in [4.69, 9.17) is 9.84 Å². The lowest BCUT2D eigenvalue weighted by Gasteiger charge is -2.15. The van der Waals surface area contributed by atoms with Crippen molar-refractivity contribution in [1.82, 2.24) is 10.3 Å². The highest BCUT2D eigenvalue weighted by Crippen LogP contribution is 2.05. The second-order valence-electron chi connectivity index (χ2n) is 4.21. The number of rotatable bonds is 6. The van der Waals surface area contributed by atoms with Crippen LogP contribution in [0.1, 0.15) is 35.8 Å². The number of aliphatic hydroxyl groups excluding tert-OH is 1. The van der Waals surface area contributed by atoms with Crippen molar-refractivity contribution in [3.05, 3.63) is 29.6 Å². The molecule has 0 fully saturated rings. The van der Waals surface area contributed by atoms with E-state index in [0.29, 0.717) is 24.3 Å². The van der Waals surface area contributed by atoms with Gasteiger partial charge in [0.05, 0.1) is 24.8 Å². The number of amides is 1. The molecule has 1 unspecified atom stereocenters. The first kappa shape index (κ1) is 16.2. The number of carbonyl (C=O) groups excluding carboxylic acids is 1. The standard InChI is InChI=1S/C15H20N2O3/c1-3-13(11-20-2)17-15(19)14-12(7-4-5-10-18)8-6-9-16-14/h6,8-9,13,18H,3,5,10-11H2,1-2H3,(H,17,19). The van der Waals surface area contributed by atoms with E-state index in [0.717, 1.165) is 6.42 Å². The van der Waals surface area contributed by atoms with Gasteiger partial charge in [-0.15, -0.1) is 0 Å². The van der Waals surface area contributed by atoms with Crippen LogP contribution in [-0.2, 0) is 4.74 Å². The van der Waals surface area contributed by atoms with Crippen molar-refractivity contribution in [2.45, 2.75) is 25.8 Å². The minimum atomic E-state index is -0.261. The van der Waals surface area contributed by atoms with Crippen LogP contribution in [0.25, 0.3) is 0 Å². The molecule has 0 aliphatic rings. The maximum Gasteiger partial charge on any atom is 0.271 e. The van der Waals surface area contributed by atoms with E-state index < -0.39 is 0 Å². The minimum absolute atomic E-state index is 0.000535. The van der Waals surface area contributed by atoms with Gasteiger partial charge in [0, 0.05) is 19.7 Å². The highest BCUT2D eigenvalue weighted by molar-refractivity contribution is 5.94. The molecule has 1 rings (SSSR count). The number of carbonyl (C=O) groups is 1. The summed E-state index contributed by atoms with van der Waals surface area (Å²) in [6.45, 7) is 2.44. The average molecular weight is 276 g/mol. The molecule has 0 saturated carbocycles. The van der Waals surface area contributed by atoms with E-state index in [1.807, 2.05) is 6.92 Å². The second-order valence-corrected chi connectivity index (χ2v) is 4.21. The zero-order valence-corrected chi connectivity index (χ0v) is 11.8. The van der Waals surface area contributed by atoms with Gasteiger partial charge in [0.1, 0.15) is 5.69 Å². The SMILES string of the molecule is CCC(COC)NC(=O)c1ncccc1C#CCCO. The summed E-state index contributed by atoms with van der Waals surface area (Å²) in [5.41, 5.74) is 0.859. The van der Waals surface area contributed by atoms with Crippen LogP contribution in [0.2, 0.25) is 0 Å². The molecule has 5 nitrogen and oxygen atoms in total. The Morgan fingerprint density at radius 3 is 3.05 bits per heavy atom. The smallest absolute Gasteiger partial charge is 0.271 e. The number of aromatic nitrogens is 1. The predicted molar refractivity (Wildman–Crippen MR) is 76.2 cm³/mol. The molecular formula is C15H20N2O3. The average Bonchev–Trinajstić information content (AvgIpc) is 2.47. The summed E-state index contributed by atoms with van der Waals surface area (Å²) in [4.78, 5) is 16.3. The predicted octanol–water partition coefficient (Wildman–Crippen LogP) is 0.970. The number of aliphatic hydroxyl groups is 1. The number of pyridine rings is 1. The summed E-state index contributed by atoms with van der Waals surface area (Å²) >= 11 is 0. The Bertz CT molecular complexity index is 491. The number of hydrogen-bond acceptors (Lipinski definition) is 4. The van der Waals surface area contributed by atoms with Gasteiger partial charge in [-0.3, -0.25) is 4.79 Å². The molecular weight excluding hydrogens is 256 g/mol. The summed E-state index contributed by atoms with van der Waals surface area (Å²) in [7, 11) is 1.60. The Morgan fingerprint density at radius 2 is 2.40 bits per heavy atom. The van der Waals surface area contributed by atoms with Crippen molar-refractivity contribution < 1.29 is 14.6 Å². The monoisotopic (exact) mass is 276 g/mol. The van der Waals surface area contributed by atoms with Gasteiger partial charge < -0.3 is 15.2 Å². The molecule has 20 heavy (non-hydrogen) atoms. The lowest BCUT2D eigenvalue weighted by molar-refractivity contribution is 0.0889. The van der Waals surface area contributed by atoms with Crippen LogP contribution in [0.4, 0.5) is 0 Å². The van der Waals surface area contributed by atoms with E-state index in [1.54, 1.807) is 25.4 Å². The Balaban J connectivity index is 2.85. The van der Waals surface area contributed by atoms with E-state index in [2.05, 4.69) is 22.1 Å². The van der Waals surface area contributed by atoms with E-state index in [9.17, 15) is 4.79 Å². The molecule has 0 radical (unpaired) electrons. The minimum Gasteiger partial charge on any atom is -0.395 e. The molecule has 0 bridgehead atoms. The molecule has 0 spiro atoms. The molecule has 2 N–H and O–H groups in total. The topological polar surface area (TPSA) is 71.5 Å². The van der Waals surface area contributed by atoms with Crippen molar-refractivity contribution >= 4 is 5.91 Å². The van der Waals surface area contributed by atoms with Gasteiger partial charge in [-0.05, 0) is 18.6 Å². The molecule has 0 aliphatic carbocycles. The Hall–Kier alpha value is -1.90. The third-order valence-electron chi connectivity index (χ3n) is 2.68. The van der Waals surface area contributed by atoms with Gasteiger partial charge in [0.2, 0.25) is 0 Å². The van der Waals surface area contributed by atoms with Crippen LogP contribution in [0, 0.1) is 11.8 Å². The third-order valence-corrected chi connectivity index (χ3v) is 2.68. The molecule has 5 heteroatoms. The van der Waals surface area contributed by atoms with Gasteiger partial charge in [0.15, 0.2) is 0 Å². The number of nitrogens with one attached hydrogen (secondary N) is 1. The van der Waals surface area contributed by atoms with E-state index in [1.165, 1.54) is 0 Å². The first-order chi connectivity index (χ1) is 9.72. The van der Waals surface area contributed by atoms with Gasteiger partial charge in [-0.1, -0.05) is 18.8 Å². The quantitative estimate of drug-likeness (QED) is 0.760. The fourth-order valence-electron chi connectivity index (χ4n) is 1.62. The van der Waals surface area contributed by atoms with Crippen LogP contribution in [0.5, 0.6) is 0 Å². The lowest BCUT2D eigenvalue weighted by atomic mass is 10.1. The number of ether oxygens (including phenoxy) is 1. The number of methoxy groups -OCH3 is 1. The molecule has 1 amide bonds. The summed E-state index contributed by atoms with van der Waals surface area (Å²) in [6, 6.07) is 3.42. The summed E-state index contributed by atoms with van der Waals surface area (Å²) in [5, 5.41) is 11.6. The summed E-state index contributed by atoms with van der Waals surface area (Å²) < 4.78 is 5.05. The summed E-state index contributed by atoms with van der Waals surface area (Å²) in [5.74, 6) is 5.39. The van der Waals surface area contributed by atoms with Crippen molar-refractivity contribution in [3.8, 4) is 11.8 Å². The largest absolute Gasteiger partial charge is 0.395 e. The van der Waals surface area contributed by atoms with Gasteiger partial charge in [-0.25, -0.2) is 4.98 Å². The highest BCUT2D eigenvalue weighted by Gasteiger charge is 2.15. The lowest BCUT2D eigenvalue weighted by Crippen LogP contribution is -2.38. The Labute approximate surface area is 119 Å². The summed E-state index contributed by atoms with van der Waals surface area (Å²) in [6.07, 6.45) is 2.71. The van der Waals surface area contributed by atoms with Crippen LogP contribution < -0.4 is 5.32 Å². The molecule has 1 heterocycles. The maximum absolute atomic E-state index is 12.2. The second kappa shape index (κ2) is 9.08. The third kappa shape index (κ3) is 5.00. The van der Waals surface area contributed by atoms with Gasteiger partial charge in [0.25, 0.3) is 5.91 Å². The maximum atomic E-state index is 12.2. The van der Waals surface area contributed by atoms with Crippen LogP contribution in [0.15, 0.2) is 18.3 Å². The first-order valence-electron chi connectivity index (χ1n) is 6.57. The van der Waals surface area contributed by atoms with Gasteiger partial charge in [-0.2, -0.15) is 0 Å². The Morgan fingerprint density at radius 1 is 1.60 bits per heavy atom. The fraction of sp³-hybridized carbons (Fsp3) is 0.467. The molecule has 0 saturated heterocycles. The van der Waals surface area contributed by atoms with Gasteiger partial charge >= 0.3 is 0 Å². The van der Waals surface area contributed by atoms with E-state index in [-0.39, 0.29) is 18.6 Å². The van der Waals surface area contributed by atoms with E-state index >= 15 is 0 Å². The first-order valence-corrected chi connectivity index (χ1v) is 6.57. The van der Waals surface area contributed by atoms with Crippen molar-refractivity contribution in [1.29, 1.82) is 0 Å². The molecule has 1 atom stereocenters. The zero-order chi connectivity index (χ0) is 14.8. The molecule has 1 aromatic rings. The van der Waals surface area contributed by atoms with Crippen molar-refractivity contribution in [2.24, 2.45) is 0 Å². The fourth-order valence-corrected chi connectivity index (χ4v) is 1.62. The highest BCUT2D eigenvalue weighted by atomic mass is 16.5. The van der Waals surface area contributed by atoms with Crippen molar-refractivity contribution in [2.75, 3.05) is 20.3 Å². The van der Waals surface area contributed by atoms with Crippen LogP contribution in [-0.4, -0.2) is 42.4 Å². The zero-order valence-electron chi connectivity index (χ0n) is 11.8. The normalized spacial score (nSPS) is 11.3. The number of hydrogen-bond donors (Lipinski definition) is 2. The molecule has 108 valence electrons. The molecule has 0 aliphatic heterocycles. The Kier molecular flexibility index (Phi) is 7.33. The van der Waals surface area contributed by atoms with Crippen molar-refractivity contribution in [3.63, 3.8) is 0 Å². The number of nitrogens with zero attached hydrogens (tertiary/aromatic N) is 1.